The number of unbranched alkanes of at least 4 members (excludes halogenated alkanes) is 1. The highest BCUT2D eigenvalue weighted by Crippen LogP contribution is 2.28. The minimum atomic E-state index is 0.974. The van der Waals surface area contributed by atoms with Crippen molar-refractivity contribution in [2.45, 2.75) is 26.3 Å². The number of imidazole rings is 1. The third-order valence-electron chi connectivity index (χ3n) is 4.85. The van der Waals surface area contributed by atoms with E-state index in [-0.39, 0.29) is 0 Å². The zero-order valence-electron chi connectivity index (χ0n) is 14.8. The molecule has 0 unspecified atom stereocenters. The minimum Gasteiger partial charge on any atom is -0.495 e. The lowest BCUT2D eigenvalue weighted by molar-refractivity contribution is 0.250. The first-order valence-electron chi connectivity index (χ1n) is 8.86. The number of nitrogens with zero attached hydrogens (tertiary/aromatic N) is 4. The Morgan fingerprint density at radius 2 is 1.79 bits per heavy atom. The van der Waals surface area contributed by atoms with E-state index < -0.39 is 0 Å². The van der Waals surface area contributed by atoms with Gasteiger partial charge in [0.2, 0.25) is 0 Å². The van der Waals surface area contributed by atoms with Crippen LogP contribution in [0, 0.1) is 6.92 Å². The second-order valence-electron chi connectivity index (χ2n) is 6.38. The van der Waals surface area contributed by atoms with Crippen molar-refractivity contribution in [2.75, 3.05) is 44.7 Å². The lowest BCUT2D eigenvalue weighted by Crippen LogP contribution is -2.46. The normalized spacial score (nSPS) is 15.7. The lowest BCUT2D eigenvalue weighted by Gasteiger charge is -2.36. The smallest absolute Gasteiger partial charge is 0.142 e. The van der Waals surface area contributed by atoms with E-state index in [1.807, 2.05) is 18.3 Å². The maximum Gasteiger partial charge on any atom is 0.142 e. The molecule has 0 spiro atoms. The summed E-state index contributed by atoms with van der Waals surface area (Å²) in [7, 11) is 1.75. The van der Waals surface area contributed by atoms with Crippen LogP contribution in [0.25, 0.3) is 0 Å². The number of piperazine rings is 1. The number of para-hydroxylation sites is 2. The van der Waals surface area contributed by atoms with Gasteiger partial charge in [-0.05, 0) is 38.4 Å². The van der Waals surface area contributed by atoms with Gasteiger partial charge in [0.15, 0.2) is 0 Å². The largest absolute Gasteiger partial charge is 0.495 e. The van der Waals surface area contributed by atoms with Crippen molar-refractivity contribution >= 4 is 5.69 Å². The van der Waals surface area contributed by atoms with Crippen LogP contribution < -0.4 is 9.64 Å². The number of hydrogen-bond donors (Lipinski definition) is 0. The van der Waals surface area contributed by atoms with Crippen molar-refractivity contribution in [3.8, 4) is 5.75 Å². The fraction of sp³-hybridized carbons (Fsp3) is 0.526. The highest BCUT2D eigenvalue weighted by molar-refractivity contribution is 5.58. The standard InChI is InChI=1S/C19H28N4O/c1-17-20-9-12-22(17)11-6-5-10-21-13-15-23(16-14-21)18-7-3-4-8-19(18)24-2/h3-4,7-9,12H,5-6,10-11,13-16H2,1-2H3. The molecule has 0 radical (unpaired) electrons. The Kier molecular flexibility index (Phi) is 5.75. The van der Waals surface area contributed by atoms with Crippen LogP contribution in [0.15, 0.2) is 36.7 Å². The maximum atomic E-state index is 5.49. The van der Waals surface area contributed by atoms with Gasteiger partial charge in [0, 0.05) is 45.1 Å². The Hall–Kier alpha value is -2.01. The SMILES string of the molecule is COc1ccccc1N1CCN(CCCCn2ccnc2C)CC1. The molecule has 3 rings (SSSR count). The summed E-state index contributed by atoms with van der Waals surface area (Å²) >= 11 is 0. The Balaban J connectivity index is 1.40. The first-order chi connectivity index (χ1) is 11.8. The molecule has 2 aromatic rings. The van der Waals surface area contributed by atoms with Crippen LogP contribution in [0.5, 0.6) is 5.75 Å². The molecule has 1 aliphatic heterocycles. The van der Waals surface area contributed by atoms with Crippen molar-refractivity contribution in [1.29, 1.82) is 0 Å². The molecule has 0 aliphatic carbocycles. The Bertz CT molecular complexity index is 632. The van der Waals surface area contributed by atoms with Crippen molar-refractivity contribution in [2.24, 2.45) is 0 Å². The predicted octanol–water partition coefficient (Wildman–Crippen LogP) is 2.80. The summed E-state index contributed by atoms with van der Waals surface area (Å²) < 4.78 is 7.72. The van der Waals surface area contributed by atoms with Crippen LogP contribution in [-0.4, -0.2) is 54.3 Å². The molecule has 5 nitrogen and oxygen atoms in total. The van der Waals surface area contributed by atoms with Gasteiger partial charge in [-0.25, -0.2) is 4.98 Å². The van der Waals surface area contributed by atoms with Crippen LogP contribution in [0.4, 0.5) is 5.69 Å². The number of aryl methyl sites for hydroxylation is 2. The summed E-state index contributed by atoms with van der Waals surface area (Å²) in [4.78, 5) is 9.28. The first kappa shape index (κ1) is 16.8. The maximum absolute atomic E-state index is 5.49. The summed E-state index contributed by atoms with van der Waals surface area (Å²) in [5.74, 6) is 2.09. The molecule has 1 aliphatic rings. The van der Waals surface area contributed by atoms with E-state index in [9.17, 15) is 0 Å². The topological polar surface area (TPSA) is 33.5 Å². The molecule has 1 saturated heterocycles. The molecule has 0 atom stereocenters. The number of anilines is 1. The molecule has 2 heterocycles. The van der Waals surface area contributed by atoms with Crippen LogP contribution in [0.1, 0.15) is 18.7 Å². The highest BCUT2D eigenvalue weighted by atomic mass is 16.5. The molecule has 5 heteroatoms. The summed E-state index contributed by atoms with van der Waals surface area (Å²) in [6.45, 7) is 8.73. The predicted molar refractivity (Wildman–Crippen MR) is 97.8 cm³/mol. The quantitative estimate of drug-likeness (QED) is 0.732. The second kappa shape index (κ2) is 8.20. The van der Waals surface area contributed by atoms with Gasteiger partial charge >= 0.3 is 0 Å². The van der Waals surface area contributed by atoms with Crippen LogP contribution in [-0.2, 0) is 6.54 Å². The summed E-state index contributed by atoms with van der Waals surface area (Å²) in [6.07, 6.45) is 6.41. The molecule has 0 bridgehead atoms. The number of benzene rings is 1. The fourth-order valence-corrected chi connectivity index (χ4v) is 3.36. The molecule has 24 heavy (non-hydrogen) atoms. The minimum absolute atomic E-state index is 0.974. The zero-order valence-corrected chi connectivity index (χ0v) is 14.8. The molecule has 1 aromatic heterocycles. The van der Waals surface area contributed by atoms with Gasteiger partial charge < -0.3 is 14.2 Å². The van der Waals surface area contributed by atoms with Gasteiger partial charge in [0.05, 0.1) is 12.8 Å². The summed E-state index contributed by atoms with van der Waals surface area (Å²) in [5.41, 5.74) is 1.22. The third kappa shape index (κ3) is 4.09. The van der Waals surface area contributed by atoms with E-state index in [1.54, 1.807) is 7.11 Å². The van der Waals surface area contributed by atoms with Gasteiger partial charge in [-0.1, -0.05) is 12.1 Å². The van der Waals surface area contributed by atoms with E-state index in [0.29, 0.717) is 0 Å². The van der Waals surface area contributed by atoms with E-state index in [2.05, 4.69) is 44.6 Å². The van der Waals surface area contributed by atoms with Gasteiger partial charge in [0.25, 0.3) is 0 Å². The van der Waals surface area contributed by atoms with E-state index in [0.717, 1.165) is 44.3 Å². The molecule has 1 aromatic carbocycles. The molecule has 130 valence electrons. The Labute approximate surface area is 144 Å². The van der Waals surface area contributed by atoms with E-state index >= 15 is 0 Å². The van der Waals surface area contributed by atoms with Crippen LogP contribution in [0.2, 0.25) is 0 Å². The van der Waals surface area contributed by atoms with Crippen molar-refractivity contribution < 1.29 is 4.74 Å². The van der Waals surface area contributed by atoms with Crippen LogP contribution in [0.3, 0.4) is 0 Å². The number of ether oxygens (including phenoxy) is 1. The molecule has 0 amide bonds. The second-order valence-corrected chi connectivity index (χ2v) is 6.38. The van der Waals surface area contributed by atoms with Crippen LogP contribution >= 0.6 is 0 Å². The number of aromatic nitrogens is 2. The average Bonchev–Trinajstić information content (AvgIpc) is 3.04. The number of hydrogen-bond acceptors (Lipinski definition) is 4. The first-order valence-corrected chi connectivity index (χ1v) is 8.86. The monoisotopic (exact) mass is 328 g/mol. The van der Waals surface area contributed by atoms with Gasteiger partial charge in [-0.2, -0.15) is 0 Å². The summed E-state index contributed by atoms with van der Waals surface area (Å²) in [5, 5.41) is 0. The molecule has 0 N–H and O–H groups in total. The molecular formula is C19H28N4O. The summed E-state index contributed by atoms with van der Waals surface area (Å²) in [6, 6.07) is 8.31. The third-order valence-corrected chi connectivity index (χ3v) is 4.85. The Morgan fingerprint density at radius 1 is 1.04 bits per heavy atom. The van der Waals surface area contributed by atoms with Crippen molar-refractivity contribution in [3.63, 3.8) is 0 Å². The van der Waals surface area contributed by atoms with Crippen molar-refractivity contribution in [1.82, 2.24) is 14.5 Å². The van der Waals surface area contributed by atoms with Crippen molar-refractivity contribution in [3.05, 3.63) is 42.5 Å². The van der Waals surface area contributed by atoms with Gasteiger partial charge in [-0.3, -0.25) is 4.90 Å². The van der Waals surface area contributed by atoms with Gasteiger partial charge in [-0.15, -0.1) is 0 Å². The molecule has 0 saturated carbocycles. The number of rotatable bonds is 7. The number of methoxy groups -OCH3 is 1. The highest BCUT2D eigenvalue weighted by Gasteiger charge is 2.18. The lowest BCUT2D eigenvalue weighted by atomic mass is 10.2. The Morgan fingerprint density at radius 3 is 2.50 bits per heavy atom. The molecular weight excluding hydrogens is 300 g/mol. The van der Waals surface area contributed by atoms with Gasteiger partial charge in [0.1, 0.15) is 11.6 Å². The van der Waals surface area contributed by atoms with E-state index in [4.69, 9.17) is 4.74 Å². The van der Waals surface area contributed by atoms with E-state index in [1.165, 1.54) is 25.1 Å². The zero-order chi connectivity index (χ0) is 16.8. The fourth-order valence-electron chi connectivity index (χ4n) is 3.36. The molecule has 1 fully saturated rings. The average molecular weight is 328 g/mol.